The second-order valence-corrected chi connectivity index (χ2v) is 6.30. The number of fused-ring (bicyclic) bond motifs is 1. The van der Waals surface area contributed by atoms with Crippen molar-refractivity contribution in [2.24, 2.45) is 0 Å². The molecule has 1 atom stereocenters. The number of nitrogens with one attached hydrogen (secondary N) is 1. The van der Waals surface area contributed by atoms with Crippen LogP contribution >= 0.6 is 0 Å². The Hall–Kier alpha value is -2.57. The smallest absolute Gasteiger partial charge is 0.252 e. The van der Waals surface area contributed by atoms with E-state index < -0.39 is 0 Å². The van der Waals surface area contributed by atoms with Gasteiger partial charge < -0.3 is 19.4 Å². The van der Waals surface area contributed by atoms with Crippen LogP contribution in [0, 0.1) is 0 Å². The Morgan fingerprint density at radius 3 is 2.92 bits per heavy atom. The summed E-state index contributed by atoms with van der Waals surface area (Å²) in [5, 5.41) is 11.3. The molecule has 2 aliphatic rings. The lowest BCUT2D eigenvalue weighted by Gasteiger charge is -2.18. The normalized spacial score (nSPS) is 17.9. The van der Waals surface area contributed by atoms with E-state index in [1.54, 1.807) is 24.5 Å². The maximum absolute atomic E-state index is 12.5. The molecule has 1 amide bonds. The monoisotopic (exact) mass is 328 g/mol. The maximum atomic E-state index is 12.5. The van der Waals surface area contributed by atoms with Gasteiger partial charge in [0.1, 0.15) is 6.33 Å². The van der Waals surface area contributed by atoms with E-state index >= 15 is 0 Å². The lowest BCUT2D eigenvalue weighted by atomic mass is 10.1. The van der Waals surface area contributed by atoms with Crippen molar-refractivity contribution in [3.05, 3.63) is 35.9 Å². The van der Waals surface area contributed by atoms with Crippen LogP contribution < -0.4 is 14.8 Å². The third-order valence-corrected chi connectivity index (χ3v) is 4.69. The zero-order chi connectivity index (χ0) is 16.5. The van der Waals surface area contributed by atoms with Crippen LogP contribution in [0.2, 0.25) is 0 Å². The number of carbonyl (C=O) groups is 1. The molecule has 4 rings (SSSR count). The Labute approximate surface area is 140 Å². The first-order chi connectivity index (χ1) is 11.7. The lowest BCUT2D eigenvalue weighted by molar-refractivity contribution is 0.0936. The first-order valence-corrected chi connectivity index (χ1v) is 8.32. The minimum absolute atomic E-state index is 0.165. The summed E-state index contributed by atoms with van der Waals surface area (Å²) in [6.07, 6.45) is 6.54. The van der Waals surface area contributed by atoms with Crippen LogP contribution in [-0.2, 0) is 0 Å². The second kappa shape index (κ2) is 6.14. The van der Waals surface area contributed by atoms with Crippen molar-refractivity contribution in [2.75, 3.05) is 6.79 Å². The molecule has 2 aromatic rings. The van der Waals surface area contributed by atoms with Gasteiger partial charge in [-0.2, -0.15) is 0 Å². The van der Waals surface area contributed by atoms with Crippen molar-refractivity contribution in [2.45, 2.75) is 44.7 Å². The van der Waals surface area contributed by atoms with Crippen molar-refractivity contribution in [1.82, 2.24) is 20.1 Å². The second-order valence-electron chi connectivity index (χ2n) is 6.30. The molecule has 2 heterocycles. The molecule has 1 N–H and O–H groups in total. The highest BCUT2D eigenvalue weighted by Crippen LogP contribution is 2.33. The number of hydrogen-bond donors (Lipinski definition) is 1. The summed E-state index contributed by atoms with van der Waals surface area (Å²) < 4.78 is 12.7. The molecule has 0 radical (unpaired) electrons. The molecular formula is C17H20N4O3. The summed E-state index contributed by atoms with van der Waals surface area (Å²) in [4.78, 5) is 12.5. The zero-order valence-corrected chi connectivity index (χ0v) is 13.6. The fraction of sp³-hybridized carbons (Fsp3) is 0.471. The average Bonchev–Trinajstić information content (AvgIpc) is 3.32. The van der Waals surface area contributed by atoms with Crippen LogP contribution in [0.4, 0.5) is 0 Å². The Balaban J connectivity index is 1.49. The molecule has 0 saturated heterocycles. The van der Waals surface area contributed by atoms with Gasteiger partial charge in [0.05, 0.1) is 6.04 Å². The summed E-state index contributed by atoms with van der Waals surface area (Å²) in [5.74, 6) is 1.91. The molecule has 7 heteroatoms. The first-order valence-electron chi connectivity index (χ1n) is 8.32. The van der Waals surface area contributed by atoms with Gasteiger partial charge >= 0.3 is 0 Å². The molecule has 126 valence electrons. The highest BCUT2D eigenvalue weighted by molar-refractivity contribution is 5.95. The minimum Gasteiger partial charge on any atom is -0.454 e. The molecule has 1 saturated carbocycles. The quantitative estimate of drug-likeness (QED) is 0.933. The van der Waals surface area contributed by atoms with Crippen molar-refractivity contribution in [3.8, 4) is 11.5 Å². The predicted molar refractivity (Wildman–Crippen MR) is 86.0 cm³/mol. The molecule has 1 aliphatic heterocycles. The van der Waals surface area contributed by atoms with E-state index in [2.05, 4.69) is 20.1 Å². The number of rotatable bonds is 4. The number of benzene rings is 1. The standard InChI is InChI=1S/C17H20N4O3/c1-11(16-20-18-9-21(16)13-4-2-3-5-13)19-17(22)12-6-7-14-15(8-12)24-10-23-14/h6-9,11,13H,2-5,10H2,1H3,(H,19,22). The molecule has 0 bridgehead atoms. The Morgan fingerprint density at radius 2 is 2.08 bits per heavy atom. The largest absolute Gasteiger partial charge is 0.454 e. The molecular weight excluding hydrogens is 308 g/mol. The number of amides is 1. The van der Waals surface area contributed by atoms with Gasteiger partial charge in [-0.25, -0.2) is 0 Å². The average molecular weight is 328 g/mol. The molecule has 7 nitrogen and oxygen atoms in total. The van der Waals surface area contributed by atoms with Crippen LogP contribution in [0.15, 0.2) is 24.5 Å². The van der Waals surface area contributed by atoms with Gasteiger partial charge in [0, 0.05) is 11.6 Å². The van der Waals surface area contributed by atoms with E-state index in [-0.39, 0.29) is 18.7 Å². The van der Waals surface area contributed by atoms with Gasteiger partial charge in [-0.1, -0.05) is 12.8 Å². The highest BCUT2D eigenvalue weighted by atomic mass is 16.7. The molecule has 1 aliphatic carbocycles. The van der Waals surface area contributed by atoms with Crippen molar-refractivity contribution in [3.63, 3.8) is 0 Å². The molecule has 1 aromatic carbocycles. The van der Waals surface area contributed by atoms with E-state index in [1.165, 1.54) is 12.8 Å². The van der Waals surface area contributed by atoms with E-state index in [0.29, 0.717) is 23.1 Å². The number of carbonyl (C=O) groups excluding carboxylic acids is 1. The topological polar surface area (TPSA) is 78.3 Å². The van der Waals surface area contributed by atoms with Crippen molar-refractivity contribution < 1.29 is 14.3 Å². The molecule has 1 unspecified atom stereocenters. The summed E-state index contributed by atoms with van der Waals surface area (Å²) >= 11 is 0. The van der Waals surface area contributed by atoms with Gasteiger partial charge in [-0.05, 0) is 38.0 Å². The Kier molecular flexibility index (Phi) is 3.84. The third-order valence-electron chi connectivity index (χ3n) is 4.69. The van der Waals surface area contributed by atoms with Gasteiger partial charge in [-0.15, -0.1) is 10.2 Å². The fourth-order valence-electron chi connectivity index (χ4n) is 3.41. The number of ether oxygens (including phenoxy) is 2. The Morgan fingerprint density at radius 1 is 1.29 bits per heavy atom. The van der Waals surface area contributed by atoms with Crippen LogP contribution in [0.25, 0.3) is 0 Å². The van der Waals surface area contributed by atoms with Gasteiger partial charge in [0.2, 0.25) is 6.79 Å². The minimum atomic E-state index is -0.217. The predicted octanol–water partition coefficient (Wildman–Crippen LogP) is 2.61. The van der Waals surface area contributed by atoms with E-state index in [4.69, 9.17) is 9.47 Å². The molecule has 0 spiro atoms. The van der Waals surface area contributed by atoms with Gasteiger partial charge in [0.25, 0.3) is 5.91 Å². The zero-order valence-electron chi connectivity index (χ0n) is 13.6. The van der Waals surface area contributed by atoms with Crippen LogP contribution in [0.3, 0.4) is 0 Å². The first kappa shape index (κ1) is 15.0. The van der Waals surface area contributed by atoms with E-state index in [1.807, 2.05) is 6.92 Å². The van der Waals surface area contributed by atoms with Crippen molar-refractivity contribution >= 4 is 5.91 Å². The number of hydrogen-bond acceptors (Lipinski definition) is 5. The van der Waals surface area contributed by atoms with Gasteiger partial charge in [-0.3, -0.25) is 4.79 Å². The fourth-order valence-corrected chi connectivity index (χ4v) is 3.41. The maximum Gasteiger partial charge on any atom is 0.252 e. The summed E-state index contributed by atoms with van der Waals surface area (Å²) in [6.45, 7) is 2.13. The summed E-state index contributed by atoms with van der Waals surface area (Å²) in [5.41, 5.74) is 0.540. The van der Waals surface area contributed by atoms with Crippen LogP contribution in [0.5, 0.6) is 11.5 Å². The van der Waals surface area contributed by atoms with E-state index in [9.17, 15) is 4.79 Å². The summed E-state index contributed by atoms with van der Waals surface area (Å²) in [7, 11) is 0. The summed E-state index contributed by atoms with van der Waals surface area (Å²) in [6, 6.07) is 5.41. The van der Waals surface area contributed by atoms with Crippen LogP contribution in [-0.4, -0.2) is 27.5 Å². The molecule has 24 heavy (non-hydrogen) atoms. The van der Waals surface area contributed by atoms with Gasteiger partial charge in [0.15, 0.2) is 17.3 Å². The highest BCUT2D eigenvalue weighted by Gasteiger charge is 2.24. The lowest BCUT2D eigenvalue weighted by Crippen LogP contribution is -2.29. The SMILES string of the molecule is CC(NC(=O)c1ccc2c(c1)OCO2)c1nncn1C1CCCC1. The molecule has 1 aromatic heterocycles. The van der Waals surface area contributed by atoms with Crippen LogP contribution in [0.1, 0.15) is 60.9 Å². The van der Waals surface area contributed by atoms with Crippen molar-refractivity contribution in [1.29, 1.82) is 0 Å². The molecule has 1 fully saturated rings. The Bertz CT molecular complexity index is 752. The van der Waals surface area contributed by atoms with E-state index in [0.717, 1.165) is 18.7 Å². The number of nitrogens with zero attached hydrogens (tertiary/aromatic N) is 3. The number of aromatic nitrogens is 3. The third kappa shape index (κ3) is 2.70.